The lowest BCUT2D eigenvalue weighted by atomic mass is 10.0. The summed E-state index contributed by atoms with van der Waals surface area (Å²) in [6.45, 7) is 7.91. The molecule has 2 atom stereocenters. The summed E-state index contributed by atoms with van der Waals surface area (Å²) in [5, 5.41) is 23.2. The van der Waals surface area contributed by atoms with Crippen LogP contribution in [-0.4, -0.2) is 63.0 Å². The van der Waals surface area contributed by atoms with Crippen LogP contribution in [0.4, 0.5) is 5.69 Å². The number of benzene rings is 2. The first-order chi connectivity index (χ1) is 16.2. The molecule has 4 aromatic rings. The Balaban J connectivity index is 1.68. The summed E-state index contributed by atoms with van der Waals surface area (Å²) in [6.07, 6.45) is 1.88. The number of rotatable bonds is 3. The van der Waals surface area contributed by atoms with E-state index in [-0.39, 0.29) is 17.4 Å². The second-order valence-electron chi connectivity index (χ2n) is 9.19. The number of fused-ring (bicyclic) bond motifs is 2. The Morgan fingerprint density at radius 3 is 2.62 bits per heavy atom. The maximum absolute atomic E-state index is 12.9. The SMILES string of the molecule is CNC(=O)c1nc(-c2cc3cn(C)nc3c(C)c2O)nc2ccc(N3C[C@@H](C)N[C@@H](C)C3)cc12. The second kappa shape index (κ2) is 8.25. The van der Waals surface area contributed by atoms with E-state index in [1.54, 1.807) is 11.7 Å². The van der Waals surface area contributed by atoms with Crippen molar-refractivity contribution in [2.75, 3.05) is 25.0 Å². The zero-order valence-corrected chi connectivity index (χ0v) is 20.0. The van der Waals surface area contributed by atoms with Crippen LogP contribution >= 0.6 is 0 Å². The van der Waals surface area contributed by atoms with Crippen LogP contribution in [0.3, 0.4) is 0 Å². The van der Waals surface area contributed by atoms with Crippen molar-refractivity contribution in [3.63, 3.8) is 0 Å². The zero-order chi connectivity index (χ0) is 24.1. The van der Waals surface area contributed by atoms with Gasteiger partial charge in [-0.3, -0.25) is 9.48 Å². The molecule has 0 unspecified atom stereocenters. The molecule has 0 aliphatic carbocycles. The van der Waals surface area contributed by atoms with E-state index in [9.17, 15) is 9.90 Å². The van der Waals surface area contributed by atoms with Crippen molar-refractivity contribution >= 4 is 33.4 Å². The van der Waals surface area contributed by atoms with E-state index >= 15 is 0 Å². The number of aromatic nitrogens is 4. The summed E-state index contributed by atoms with van der Waals surface area (Å²) in [5.41, 5.74) is 3.80. The molecule has 1 aliphatic rings. The van der Waals surface area contributed by atoms with E-state index < -0.39 is 0 Å². The van der Waals surface area contributed by atoms with Gasteiger partial charge in [0.05, 0.1) is 16.6 Å². The number of carbonyl (C=O) groups excluding carboxylic acids is 1. The molecule has 2 aromatic carbocycles. The molecule has 9 heteroatoms. The smallest absolute Gasteiger partial charge is 0.270 e. The summed E-state index contributed by atoms with van der Waals surface area (Å²) in [7, 11) is 3.42. The maximum atomic E-state index is 12.9. The topological polar surface area (TPSA) is 108 Å². The van der Waals surface area contributed by atoms with Gasteiger partial charge >= 0.3 is 0 Å². The van der Waals surface area contributed by atoms with Gasteiger partial charge in [-0.15, -0.1) is 0 Å². The highest BCUT2D eigenvalue weighted by molar-refractivity contribution is 6.06. The number of nitrogens with one attached hydrogen (secondary N) is 2. The van der Waals surface area contributed by atoms with Gasteiger partial charge in [-0.05, 0) is 45.0 Å². The van der Waals surface area contributed by atoms with Gasteiger partial charge in [-0.1, -0.05) is 0 Å². The average Bonchev–Trinajstić information content (AvgIpc) is 3.19. The minimum Gasteiger partial charge on any atom is -0.507 e. The summed E-state index contributed by atoms with van der Waals surface area (Å²) in [6, 6.07) is 8.50. The number of aromatic hydroxyl groups is 1. The van der Waals surface area contributed by atoms with Gasteiger partial charge < -0.3 is 20.6 Å². The highest BCUT2D eigenvalue weighted by Gasteiger charge is 2.24. The van der Waals surface area contributed by atoms with Gasteiger partial charge in [0.2, 0.25) is 0 Å². The van der Waals surface area contributed by atoms with Gasteiger partial charge in [0, 0.05) is 67.5 Å². The molecule has 9 nitrogen and oxygen atoms in total. The van der Waals surface area contributed by atoms with Crippen LogP contribution in [0.15, 0.2) is 30.5 Å². The molecule has 3 N–H and O–H groups in total. The predicted octanol–water partition coefficient (Wildman–Crippen LogP) is 2.74. The van der Waals surface area contributed by atoms with Gasteiger partial charge in [-0.25, -0.2) is 9.97 Å². The monoisotopic (exact) mass is 459 g/mol. The lowest BCUT2D eigenvalue weighted by Gasteiger charge is -2.37. The fourth-order valence-corrected chi connectivity index (χ4v) is 4.88. The average molecular weight is 460 g/mol. The Bertz CT molecular complexity index is 1420. The van der Waals surface area contributed by atoms with Crippen LogP contribution in [0.25, 0.3) is 33.2 Å². The lowest BCUT2D eigenvalue weighted by molar-refractivity contribution is 0.0960. The second-order valence-corrected chi connectivity index (χ2v) is 9.19. The van der Waals surface area contributed by atoms with Crippen molar-refractivity contribution in [3.05, 3.63) is 41.7 Å². The minimum atomic E-state index is -0.300. The highest BCUT2D eigenvalue weighted by atomic mass is 16.3. The van der Waals surface area contributed by atoms with E-state index in [1.807, 2.05) is 44.4 Å². The normalized spacial score (nSPS) is 18.6. The molecule has 176 valence electrons. The molecule has 0 saturated carbocycles. The molecule has 0 radical (unpaired) electrons. The Hall–Kier alpha value is -3.72. The molecule has 1 fully saturated rings. The molecular weight excluding hydrogens is 430 g/mol. The first-order valence-electron chi connectivity index (χ1n) is 11.5. The number of amides is 1. The van der Waals surface area contributed by atoms with Crippen LogP contribution in [0, 0.1) is 6.92 Å². The molecule has 1 aliphatic heterocycles. The van der Waals surface area contributed by atoms with E-state index in [2.05, 4.69) is 39.5 Å². The molecule has 0 bridgehead atoms. The summed E-state index contributed by atoms with van der Waals surface area (Å²) in [5.74, 6) is 0.0648. The molecule has 2 aromatic heterocycles. The van der Waals surface area contributed by atoms with Gasteiger partial charge in [0.15, 0.2) is 5.82 Å². The molecule has 34 heavy (non-hydrogen) atoms. The number of hydrogen-bond donors (Lipinski definition) is 3. The number of anilines is 1. The number of phenols is 1. The Kier molecular flexibility index (Phi) is 5.36. The highest BCUT2D eigenvalue weighted by Crippen LogP contribution is 2.36. The maximum Gasteiger partial charge on any atom is 0.270 e. The van der Waals surface area contributed by atoms with Gasteiger partial charge in [0.1, 0.15) is 11.4 Å². The number of hydrogen-bond acceptors (Lipinski definition) is 7. The Morgan fingerprint density at radius 1 is 1.18 bits per heavy atom. The number of carbonyl (C=O) groups is 1. The third-order valence-corrected chi connectivity index (χ3v) is 6.41. The first kappa shape index (κ1) is 22.1. The van der Waals surface area contributed by atoms with E-state index in [1.165, 1.54) is 0 Å². The number of piperazine rings is 1. The minimum absolute atomic E-state index is 0.0637. The molecule has 3 heterocycles. The van der Waals surface area contributed by atoms with E-state index in [0.29, 0.717) is 39.9 Å². The van der Waals surface area contributed by atoms with Crippen molar-refractivity contribution < 1.29 is 9.90 Å². The molecule has 5 rings (SSSR count). The van der Waals surface area contributed by atoms with Crippen molar-refractivity contribution in [2.24, 2.45) is 7.05 Å². The fraction of sp³-hybridized carbons (Fsp3) is 0.360. The van der Waals surface area contributed by atoms with Crippen LogP contribution in [-0.2, 0) is 7.05 Å². The summed E-state index contributed by atoms with van der Waals surface area (Å²) >= 11 is 0. The third kappa shape index (κ3) is 3.71. The predicted molar refractivity (Wildman–Crippen MR) is 133 cm³/mol. The number of phenolic OH excluding ortho intramolecular Hbond substituents is 1. The van der Waals surface area contributed by atoms with Crippen LogP contribution in [0.2, 0.25) is 0 Å². The summed E-state index contributed by atoms with van der Waals surface area (Å²) < 4.78 is 1.71. The fourth-order valence-electron chi connectivity index (χ4n) is 4.88. The third-order valence-electron chi connectivity index (χ3n) is 6.41. The molecule has 0 spiro atoms. The van der Waals surface area contributed by atoms with E-state index in [4.69, 9.17) is 4.98 Å². The zero-order valence-electron chi connectivity index (χ0n) is 20.0. The van der Waals surface area contributed by atoms with Gasteiger partial charge in [0.25, 0.3) is 5.91 Å². The van der Waals surface area contributed by atoms with Crippen molar-refractivity contribution in [1.29, 1.82) is 0 Å². The van der Waals surface area contributed by atoms with Crippen molar-refractivity contribution in [3.8, 4) is 17.1 Å². The van der Waals surface area contributed by atoms with Crippen molar-refractivity contribution in [2.45, 2.75) is 32.9 Å². The van der Waals surface area contributed by atoms with Crippen LogP contribution in [0.5, 0.6) is 5.75 Å². The van der Waals surface area contributed by atoms with E-state index in [0.717, 1.165) is 29.7 Å². The number of nitrogens with zero attached hydrogens (tertiary/aromatic N) is 5. The Morgan fingerprint density at radius 2 is 1.91 bits per heavy atom. The lowest BCUT2D eigenvalue weighted by Crippen LogP contribution is -2.54. The molecule has 1 amide bonds. The number of aryl methyl sites for hydroxylation is 2. The van der Waals surface area contributed by atoms with Gasteiger partial charge in [-0.2, -0.15) is 5.10 Å². The quantitative estimate of drug-likeness (QED) is 0.432. The Labute approximate surface area is 197 Å². The van der Waals surface area contributed by atoms with Crippen LogP contribution < -0.4 is 15.5 Å². The molecule has 1 saturated heterocycles. The van der Waals surface area contributed by atoms with Crippen molar-refractivity contribution in [1.82, 2.24) is 30.4 Å². The molecular formula is C25H29N7O2. The van der Waals surface area contributed by atoms with Crippen LogP contribution in [0.1, 0.15) is 29.9 Å². The summed E-state index contributed by atoms with van der Waals surface area (Å²) in [4.78, 5) is 24.6. The first-order valence-corrected chi connectivity index (χ1v) is 11.5. The largest absolute Gasteiger partial charge is 0.507 e. The standard InChI is InChI=1S/C25H29N7O2/c1-13-10-32(11-14(2)27-13)17-6-7-20-18(9-17)22(25(34)26-4)29-24(28-20)19-8-16-12-31(5)30-21(16)15(3)23(19)33/h6-9,12-14,27,33H,10-11H2,1-5H3,(H,26,34)/t13-,14+.